The fourth-order valence-electron chi connectivity index (χ4n) is 1.56. The van der Waals surface area contributed by atoms with Gasteiger partial charge in [0.15, 0.2) is 6.29 Å². The first-order chi connectivity index (χ1) is 8.01. The molecule has 0 aliphatic carbocycles. The summed E-state index contributed by atoms with van der Waals surface area (Å²) in [6.07, 6.45) is -0.856. The Hall–Kier alpha value is -0.980. The van der Waals surface area contributed by atoms with Gasteiger partial charge in [-0.25, -0.2) is 4.39 Å². The summed E-state index contributed by atoms with van der Waals surface area (Å²) < 4.78 is 23.8. The van der Waals surface area contributed by atoms with Crippen LogP contribution in [0.1, 0.15) is 11.5 Å². The quantitative estimate of drug-likeness (QED) is 0.844. The van der Waals surface area contributed by atoms with Crippen LogP contribution in [-0.2, 0) is 14.3 Å². The third-order valence-corrected chi connectivity index (χ3v) is 3.06. The maximum atomic E-state index is 13.2. The van der Waals surface area contributed by atoms with Crippen molar-refractivity contribution in [3.8, 4) is 0 Å². The highest BCUT2D eigenvalue weighted by atomic mass is 79.9. The topological polar surface area (TPSA) is 61.6 Å². The van der Waals surface area contributed by atoms with E-state index in [9.17, 15) is 9.18 Å². The van der Waals surface area contributed by atoms with Gasteiger partial charge in [-0.2, -0.15) is 0 Å². The first kappa shape index (κ1) is 14.1. The van der Waals surface area contributed by atoms with E-state index in [0.29, 0.717) is 10.0 Å². The van der Waals surface area contributed by atoms with Gasteiger partial charge in [0.05, 0.1) is 0 Å². The summed E-state index contributed by atoms with van der Waals surface area (Å²) in [5.74, 6) is -1.99. The van der Waals surface area contributed by atoms with Crippen molar-refractivity contribution in [1.29, 1.82) is 0 Å². The molecule has 0 aliphatic heterocycles. The molecule has 0 saturated carbocycles. The molecule has 0 aromatic heterocycles. The van der Waals surface area contributed by atoms with E-state index in [1.807, 2.05) is 0 Å². The number of amides is 1. The van der Waals surface area contributed by atoms with Gasteiger partial charge in [0, 0.05) is 18.7 Å². The van der Waals surface area contributed by atoms with Crippen LogP contribution in [0.2, 0.25) is 0 Å². The molecule has 0 fully saturated rings. The van der Waals surface area contributed by atoms with Gasteiger partial charge >= 0.3 is 0 Å². The second-order valence-corrected chi connectivity index (χ2v) is 4.24. The van der Waals surface area contributed by atoms with Crippen molar-refractivity contribution in [2.24, 2.45) is 5.73 Å². The third kappa shape index (κ3) is 3.24. The monoisotopic (exact) mass is 305 g/mol. The van der Waals surface area contributed by atoms with E-state index >= 15 is 0 Å². The van der Waals surface area contributed by atoms with Crippen LogP contribution < -0.4 is 5.73 Å². The van der Waals surface area contributed by atoms with Crippen molar-refractivity contribution in [3.63, 3.8) is 0 Å². The first-order valence-corrected chi connectivity index (χ1v) is 5.60. The number of methoxy groups -OCH3 is 2. The van der Waals surface area contributed by atoms with Gasteiger partial charge in [0.25, 0.3) is 0 Å². The maximum absolute atomic E-state index is 13.2. The molecule has 0 spiro atoms. The highest BCUT2D eigenvalue weighted by molar-refractivity contribution is 9.10. The molecule has 6 heteroatoms. The minimum atomic E-state index is -0.880. The predicted molar refractivity (Wildman–Crippen MR) is 63.8 cm³/mol. The normalized spacial score (nSPS) is 12.8. The molecule has 1 atom stereocenters. The molecule has 0 radical (unpaired) electrons. The summed E-state index contributed by atoms with van der Waals surface area (Å²) in [4.78, 5) is 11.4. The average molecular weight is 306 g/mol. The van der Waals surface area contributed by atoms with Gasteiger partial charge in [0.2, 0.25) is 5.91 Å². The summed E-state index contributed by atoms with van der Waals surface area (Å²) in [6.45, 7) is 0. The van der Waals surface area contributed by atoms with E-state index in [1.165, 1.54) is 32.4 Å². The van der Waals surface area contributed by atoms with Crippen molar-refractivity contribution >= 4 is 21.8 Å². The van der Waals surface area contributed by atoms with E-state index in [4.69, 9.17) is 15.2 Å². The van der Waals surface area contributed by atoms with Gasteiger partial charge in [-0.1, -0.05) is 15.9 Å². The van der Waals surface area contributed by atoms with Crippen LogP contribution in [0.5, 0.6) is 0 Å². The lowest BCUT2D eigenvalue weighted by atomic mass is 9.97. The summed E-state index contributed by atoms with van der Waals surface area (Å²) in [6, 6.07) is 4.01. The van der Waals surface area contributed by atoms with Crippen LogP contribution in [0, 0.1) is 5.82 Å². The lowest BCUT2D eigenvalue weighted by molar-refractivity contribution is -0.143. The Labute approximate surface area is 107 Å². The molecule has 1 unspecified atom stereocenters. The van der Waals surface area contributed by atoms with Gasteiger partial charge in [-0.15, -0.1) is 0 Å². The van der Waals surface area contributed by atoms with Crippen molar-refractivity contribution < 1.29 is 18.7 Å². The summed E-state index contributed by atoms with van der Waals surface area (Å²) in [5, 5.41) is 0. The molecule has 1 aromatic rings. The Morgan fingerprint density at radius 1 is 1.41 bits per heavy atom. The van der Waals surface area contributed by atoms with Crippen molar-refractivity contribution in [1.82, 2.24) is 0 Å². The molecular weight excluding hydrogens is 293 g/mol. The molecule has 4 nitrogen and oxygen atoms in total. The summed E-state index contributed by atoms with van der Waals surface area (Å²) >= 11 is 3.24. The number of hydrogen-bond acceptors (Lipinski definition) is 3. The number of rotatable bonds is 5. The third-order valence-electron chi connectivity index (χ3n) is 2.34. The highest BCUT2D eigenvalue weighted by Gasteiger charge is 2.30. The van der Waals surface area contributed by atoms with Crippen LogP contribution in [0.3, 0.4) is 0 Å². The lowest BCUT2D eigenvalue weighted by Gasteiger charge is -2.23. The van der Waals surface area contributed by atoms with Crippen molar-refractivity contribution in [2.75, 3.05) is 14.2 Å². The Kier molecular flexibility index (Phi) is 5.04. The lowest BCUT2D eigenvalue weighted by Crippen LogP contribution is -2.34. The Morgan fingerprint density at radius 3 is 2.47 bits per heavy atom. The van der Waals surface area contributed by atoms with Gasteiger partial charge < -0.3 is 15.2 Å². The standard InChI is InChI=1S/C11H13BrFNO3/c1-16-11(17-2)9(10(14)15)7-5-6(13)3-4-8(7)12/h3-5,9,11H,1-2H3,(H2,14,15). The number of halogens is 2. The number of primary amides is 1. The summed E-state index contributed by atoms with van der Waals surface area (Å²) in [7, 11) is 2.77. The number of carbonyl (C=O) groups is 1. The van der Waals surface area contributed by atoms with E-state index in [-0.39, 0.29) is 0 Å². The fourth-order valence-corrected chi connectivity index (χ4v) is 2.05. The Bertz CT molecular complexity index is 410. The molecule has 17 heavy (non-hydrogen) atoms. The maximum Gasteiger partial charge on any atom is 0.230 e. The van der Waals surface area contributed by atoms with Crippen molar-refractivity contribution in [3.05, 3.63) is 34.1 Å². The molecule has 2 N–H and O–H groups in total. The average Bonchev–Trinajstić information content (AvgIpc) is 2.29. The van der Waals surface area contributed by atoms with Crippen LogP contribution in [0.15, 0.2) is 22.7 Å². The van der Waals surface area contributed by atoms with Gasteiger partial charge in [-0.3, -0.25) is 4.79 Å². The number of ether oxygens (including phenoxy) is 2. The van der Waals surface area contributed by atoms with Crippen LogP contribution in [0.25, 0.3) is 0 Å². The number of hydrogen-bond donors (Lipinski definition) is 1. The Morgan fingerprint density at radius 2 is 2.00 bits per heavy atom. The zero-order valence-corrected chi connectivity index (χ0v) is 11.0. The smallest absolute Gasteiger partial charge is 0.230 e. The van der Waals surface area contributed by atoms with E-state index < -0.39 is 23.9 Å². The molecule has 0 heterocycles. The SMILES string of the molecule is COC(OC)C(C(N)=O)c1cc(F)ccc1Br. The number of nitrogens with two attached hydrogens (primary N) is 1. The minimum Gasteiger partial charge on any atom is -0.369 e. The highest BCUT2D eigenvalue weighted by Crippen LogP contribution is 2.29. The largest absolute Gasteiger partial charge is 0.369 e. The predicted octanol–water partition coefficient (Wildman–Crippen LogP) is 1.78. The van der Waals surface area contributed by atoms with Gasteiger partial charge in [-0.05, 0) is 23.8 Å². The zero-order valence-electron chi connectivity index (χ0n) is 9.44. The van der Waals surface area contributed by atoms with E-state index in [1.54, 1.807) is 0 Å². The summed E-state index contributed by atoms with van der Waals surface area (Å²) in [5.41, 5.74) is 5.69. The van der Waals surface area contributed by atoms with Crippen LogP contribution in [-0.4, -0.2) is 26.4 Å². The van der Waals surface area contributed by atoms with Crippen LogP contribution in [0.4, 0.5) is 4.39 Å². The second-order valence-electron chi connectivity index (χ2n) is 3.39. The number of carbonyl (C=O) groups excluding carboxylic acids is 1. The second kappa shape index (κ2) is 6.09. The molecule has 0 saturated heterocycles. The molecule has 0 aliphatic rings. The van der Waals surface area contributed by atoms with E-state index in [0.717, 1.165) is 0 Å². The molecular formula is C11H13BrFNO3. The van der Waals surface area contributed by atoms with Crippen LogP contribution >= 0.6 is 15.9 Å². The fraction of sp³-hybridized carbons (Fsp3) is 0.364. The molecule has 0 bridgehead atoms. The zero-order chi connectivity index (χ0) is 13.0. The first-order valence-electron chi connectivity index (χ1n) is 4.81. The van der Waals surface area contributed by atoms with E-state index in [2.05, 4.69) is 15.9 Å². The molecule has 1 amide bonds. The van der Waals surface area contributed by atoms with Gasteiger partial charge in [0.1, 0.15) is 11.7 Å². The van der Waals surface area contributed by atoms with Crippen molar-refractivity contribution in [2.45, 2.75) is 12.2 Å². The number of benzene rings is 1. The molecule has 94 valence electrons. The molecule has 1 aromatic carbocycles. The Balaban J connectivity index is 3.22. The minimum absolute atomic E-state index is 0.395. The molecule has 1 rings (SSSR count).